The van der Waals surface area contributed by atoms with Crippen molar-refractivity contribution < 1.29 is 4.79 Å². The Morgan fingerprint density at radius 2 is 1.31 bits per heavy atom. The van der Waals surface area contributed by atoms with E-state index in [0.717, 1.165) is 28.3 Å². The van der Waals surface area contributed by atoms with Crippen LogP contribution in [0.15, 0.2) is 126 Å². The number of anilines is 1. The molecule has 2 nitrogen and oxygen atoms in total. The highest BCUT2D eigenvalue weighted by Crippen LogP contribution is 2.49. The Morgan fingerprint density at radius 3 is 1.94 bits per heavy atom. The molecule has 0 amide bonds. The van der Waals surface area contributed by atoms with Crippen LogP contribution in [0, 0.1) is 13.8 Å². The topological polar surface area (TPSA) is 20.3 Å². The Balaban J connectivity index is 1.63. The largest absolute Gasteiger partial charge is 0.307 e. The normalized spacial score (nSPS) is 14.6. The highest BCUT2D eigenvalue weighted by atomic mass is 32.2. The Morgan fingerprint density at radius 1 is 0.743 bits per heavy atom. The molecule has 0 bridgehead atoms. The van der Waals surface area contributed by atoms with E-state index in [1.807, 2.05) is 55.5 Å². The molecular formula is C32H27NOS. The second kappa shape index (κ2) is 10.2. The molecule has 0 saturated heterocycles. The Hall–Kier alpha value is -3.82. The highest BCUT2D eigenvalue weighted by molar-refractivity contribution is 8.12. The Kier molecular flexibility index (Phi) is 6.69. The van der Waals surface area contributed by atoms with Crippen LogP contribution in [-0.2, 0) is 6.42 Å². The van der Waals surface area contributed by atoms with Crippen molar-refractivity contribution in [2.45, 2.75) is 20.3 Å². The van der Waals surface area contributed by atoms with Crippen molar-refractivity contribution in [2.75, 3.05) is 4.90 Å². The van der Waals surface area contributed by atoms with E-state index in [2.05, 4.69) is 72.5 Å². The van der Waals surface area contributed by atoms with Crippen LogP contribution in [0.25, 0.3) is 4.91 Å². The molecule has 0 atom stereocenters. The number of hydrogen-bond donors (Lipinski definition) is 0. The molecule has 1 aliphatic heterocycles. The van der Waals surface area contributed by atoms with E-state index in [9.17, 15) is 4.79 Å². The summed E-state index contributed by atoms with van der Waals surface area (Å²) >= 11 is 1.67. The molecule has 1 aliphatic rings. The van der Waals surface area contributed by atoms with Crippen LogP contribution in [-0.4, -0.2) is 5.78 Å². The average Bonchev–Trinajstić information content (AvgIpc) is 3.24. The van der Waals surface area contributed by atoms with Crippen LogP contribution < -0.4 is 4.90 Å². The number of hydrogen-bond acceptors (Lipinski definition) is 3. The number of rotatable bonds is 6. The van der Waals surface area contributed by atoms with Gasteiger partial charge >= 0.3 is 0 Å². The number of allylic oxidation sites excluding steroid dienone is 2. The lowest BCUT2D eigenvalue weighted by Gasteiger charge is -2.24. The summed E-state index contributed by atoms with van der Waals surface area (Å²) < 4.78 is 0. The molecule has 1 heterocycles. The summed E-state index contributed by atoms with van der Waals surface area (Å²) in [5.41, 5.74) is 7.72. The number of thioether (sulfide) groups is 1. The van der Waals surface area contributed by atoms with Crippen LogP contribution >= 0.6 is 11.8 Å². The molecule has 5 rings (SSSR count). The zero-order chi connectivity index (χ0) is 24.2. The van der Waals surface area contributed by atoms with Gasteiger partial charge in [-0.25, -0.2) is 0 Å². The minimum absolute atomic E-state index is 0.0115. The summed E-state index contributed by atoms with van der Waals surface area (Å²) in [5.74, 6) is 0.0115. The van der Waals surface area contributed by atoms with Crippen molar-refractivity contribution in [3.63, 3.8) is 0 Å². The van der Waals surface area contributed by atoms with Crippen LogP contribution in [0.4, 0.5) is 5.69 Å². The van der Waals surface area contributed by atoms with Gasteiger partial charge in [-0.2, -0.15) is 0 Å². The van der Waals surface area contributed by atoms with Crippen molar-refractivity contribution in [1.82, 2.24) is 0 Å². The number of aryl methyl sites for hydroxylation is 2. The predicted molar refractivity (Wildman–Crippen MR) is 148 cm³/mol. The van der Waals surface area contributed by atoms with Crippen molar-refractivity contribution in [1.29, 1.82) is 0 Å². The van der Waals surface area contributed by atoms with Crippen molar-refractivity contribution in [2.24, 2.45) is 0 Å². The average molecular weight is 474 g/mol. The number of para-hydroxylation sites is 1. The highest BCUT2D eigenvalue weighted by Gasteiger charge is 2.31. The van der Waals surface area contributed by atoms with Gasteiger partial charge in [-0.05, 0) is 37.1 Å². The van der Waals surface area contributed by atoms with Crippen LogP contribution in [0.2, 0.25) is 0 Å². The molecule has 0 aliphatic carbocycles. The number of ketones is 1. The number of carbonyl (C=O) groups is 1. The van der Waals surface area contributed by atoms with Crippen LogP contribution in [0.1, 0.15) is 32.6 Å². The lowest BCUT2D eigenvalue weighted by atomic mass is 10.0. The van der Waals surface area contributed by atoms with Gasteiger partial charge in [-0.1, -0.05) is 120 Å². The van der Waals surface area contributed by atoms with Gasteiger partial charge < -0.3 is 4.90 Å². The third-order valence-electron chi connectivity index (χ3n) is 6.09. The van der Waals surface area contributed by atoms with Crippen LogP contribution in [0.5, 0.6) is 0 Å². The fourth-order valence-corrected chi connectivity index (χ4v) is 5.40. The lowest BCUT2D eigenvalue weighted by molar-refractivity contribution is 0.104. The Labute approximate surface area is 211 Å². The van der Waals surface area contributed by atoms with Gasteiger partial charge in [0.1, 0.15) is 0 Å². The van der Waals surface area contributed by atoms with Gasteiger partial charge in [0, 0.05) is 34.3 Å². The van der Waals surface area contributed by atoms with Crippen molar-refractivity contribution in [3.8, 4) is 0 Å². The van der Waals surface area contributed by atoms with Gasteiger partial charge in [0.2, 0.25) is 0 Å². The Bertz CT molecular complexity index is 1390. The third kappa shape index (κ3) is 5.16. The summed E-state index contributed by atoms with van der Waals surface area (Å²) in [6.45, 7) is 4.14. The van der Waals surface area contributed by atoms with E-state index in [0.29, 0.717) is 5.56 Å². The van der Waals surface area contributed by atoms with Gasteiger partial charge in [0.25, 0.3) is 0 Å². The summed E-state index contributed by atoms with van der Waals surface area (Å²) in [5, 5.41) is 0.919. The van der Waals surface area contributed by atoms with Gasteiger partial charge in [0.15, 0.2) is 5.78 Å². The van der Waals surface area contributed by atoms with Gasteiger partial charge in [-0.15, -0.1) is 0 Å². The number of benzene rings is 4. The standard InChI is InChI=1S/C32H27NOS/c1-23-13-17-25(18-14-23)21-29-32(27-9-5-3-6-10-27)35-31(33(29)28-11-7-4-8-12-28)22-30(34)26-19-15-24(2)16-20-26/h3-20,22H,21H2,1-2H3/b31-22-. The summed E-state index contributed by atoms with van der Waals surface area (Å²) in [6, 6.07) is 37.3. The SMILES string of the molecule is Cc1ccc(CC2=C(c3ccccc3)S/C(=C\C(=O)c3ccc(C)cc3)N2c2ccccc2)cc1. The van der Waals surface area contributed by atoms with Crippen molar-refractivity contribution in [3.05, 3.63) is 154 Å². The van der Waals surface area contributed by atoms with E-state index in [-0.39, 0.29) is 5.78 Å². The van der Waals surface area contributed by atoms with Gasteiger partial charge in [-0.3, -0.25) is 4.79 Å². The molecular weight excluding hydrogens is 446 g/mol. The van der Waals surface area contributed by atoms with Crippen molar-refractivity contribution >= 4 is 28.1 Å². The molecule has 35 heavy (non-hydrogen) atoms. The third-order valence-corrected chi connectivity index (χ3v) is 7.28. The molecule has 0 spiro atoms. The first kappa shape index (κ1) is 22.9. The van der Waals surface area contributed by atoms with E-state index < -0.39 is 0 Å². The molecule has 3 heteroatoms. The molecule has 172 valence electrons. The maximum absolute atomic E-state index is 13.3. The summed E-state index contributed by atoms with van der Waals surface area (Å²) in [6.07, 6.45) is 2.55. The second-order valence-electron chi connectivity index (χ2n) is 8.79. The minimum Gasteiger partial charge on any atom is -0.307 e. The smallest absolute Gasteiger partial charge is 0.188 e. The maximum Gasteiger partial charge on any atom is 0.188 e. The molecule has 0 aromatic heterocycles. The quantitative estimate of drug-likeness (QED) is 0.208. The first-order valence-electron chi connectivity index (χ1n) is 11.8. The van der Waals surface area contributed by atoms with Gasteiger partial charge in [0.05, 0.1) is 5.03 Å². The predicted octanol–water partition coefficient (Wildman–Crippen LogP) is 8.19. The van der Waals surface area contributed by atoms with E-state index >= 15 is 0 Å². The monoisotopic (exact) mass is 473 g/mol. The fourth-order valence-electron chi connectivity index (χ4n) is 4.18. The van der Waals surface area contributed by atoms with E-state index in [1.54, 1.807) is 17.8 Å². The molecule has 0 N–H and O–H groups in total. The lowest BCUT2D eigenvalue weighted by Crippen LogP contribution is -2.19. The molecule has 0 radical (unpaired) electrons. The first-order chi connectivity index (χ1) is 17.1. The molecule has 0 saturated carbocycles. The molecule has 0 fully saturated rings. The number of nitrogens with zero attached hydrogens (tertiary/aromatic N) is 1. The summed E-state index contributed by atoms with van der Waals surface area (Å²) in [4.78, 5) is 16.7. The maximum atomic E-state index is 13.3. The van der Waals surface area contributed by atoms with E-state index in [4.69, 9.17) is 0 Å². The molecule has 0 unspecified atom stereocenters. The molecule has 4 aromatic carbocycles. The second-order valence-corrected chi connectivity index (χ2v) is 9.82. The fraction of sp³-hybridized carbons (Fsp3) is 0.0938. The number of carbonyl (C=O) groups excluding carboxylic acids is 1. The zero-order valence-electron chi connectivity index (χ0n) is 19.9. The minimum atomic E-state index is 0.0115. The summed E-state index contributed by atoms with van der Waals surface area (Å²) in [7, 11) is 0. The van der Waals surface area contributed by atoms with E-state index in [1.165, 1.54) is 21.7 Å². The van der Waals surface area contributed by atoms with Crippen LogP contribution in [0.3, 0.4) is 0 Å². The first-order valence-corrected chi connectivity index (χ1v) is 12.6. The molecule has 4 aromatic rings. The zero-order valence-corrected chi connectivity index (χ0v) is 20.8.